The minimum atomic E-state index is 1.10. The first kappa shape index (κ1) is 9.15. The fourth-order valence-corrected chi connectivity index (χ4v) is 0.618. The lowest BCUT2D eigenvalue weighted by Gasteiger charge is -1.89. The van der Waals surface area contributed by atoms with Crippen molar-refractivity contribution in [3.05, 3.63) is 30.1 Å². The van der Waals surface area contributed by atoms with Crippen LogP contribution in [0.1, 0.15) is 26.3 Å². The molecule has 0 radical (unpaired) electrons. The van der Waals surface area contributed by atoms with E-state index in [1.807, 2.05) is 38.4 Å². The molecule has 1 aromatic rings. The van der Waals surface area contributed by atoms with Crippen LogP contribution in [0.3, 0.4) is 0 Å². The van der Waals surface area contributed by atoms with Gasteiger partial charge in [0.1, 0.15) is 0 Å². The van der Waals surface area contributed by atoms with Crippen molar-refractivity contribution in [3.63, 3.8) is 0 Å². The van der Waals surface area contributed by atoms with Crippen molar-refractivity contribution in [1.82, 2.24) is 4.98 Å². The molecule has 0 aliphatic rings. The summed E-state index contributed by atoms with van der Waals surface area (Å²) in [5, 5.41) is 0. The molecule has 10 heavy (non-hydrogen) atoms. The first-order valence-corrected chi connectivity index (χ1v) is 3.82. The molecular weight excluding hydrogens is 122 g/mol. The molecule has 0 saturated carbocycles. The number of hydrogen-bond donors (Lipinski definition) is 0. The molecule has 0 spiro atoms. The lowest BCUT2D eigenvalue weighted by Crippen LogP contribution is -1.76. The van der Waals surface area contributed by atoms with Gasteiger partial charge in [0, 0.05) is 12.4 Å². The van der Waals surface area contributed by atoms with Crippen LogP contribution in [0.2, 0.25) is 0 Å². The maximum Gasteiger partial charge on any atom is 0.0270 e. The van der Waals surface area contributed by atoms with E-state index in [0.717, 1.165) is 6.42 Å². The van der Waals surface area contributed by atoms with Gasteiger partial charge >= 0.3 is 0 Å². The van der Waals surface area contributed by atoms with E-state index in [-0.39, 0.29) is 0 Å². The van der Waals surface area contributed by atoms with Crippen LogP contribution >= 0.6 is 0 Å². The van der Waals surface area contributed by atoms with Crippen LogP contribution in [0.4, 0.5) is 0 Å². The second kappa shape index (κ2) is 6.27. The first-order valence-electron chi connectivity index (χ1n) is 3.82. The number of nitrogens with zero attached hydrogens (tertiary/aromatic N) is 1. The standard InChI is InChI=1S/C7H9N.C2H6/c1-2-7-3-5-8-6-4-7;1-2/h3-6H,2H2,1H3;1-2H3. The maximum absolute atomic E-state index is 3.89. The quantitative estimate of drug-likeness (QED) is 0.580. The summed E-state index contributed by atoms with van der Waals surface area (Å²) in [5.74, 6) is 0. The fraction of sp³-hybridized carbons (Fsp3) is 0.444. The van der Waals surface area contributed by atoms with E-state index in [1.54, 1.807) is 0 Å². The van der Waals surface area contributed by atoms with E-state index >= 15 is 0 Å². The summed E-state index contributed by atoms with van der Waals surface area (Å²) in [4.78, 5) is 3.89. The van der Waals surface area contributed by atoms with Crippen LogP contribution in [0.15, 0.2) is 24.5 Å². The summed E-state index contributed by atoms with van der Waals surface area (Å²) in [5.41, 5.74) is 1.35. The summed E-state index contributed by atoms with van der Waals surface area (Å²) in [6.45, 7) is 6.13. The predicted octanol–water partition coefficient (Wildman–Crippen LogP) is 2.67. The number of pyridine rings is 1. The van der Waals surface area contributed by atoms with E-state index < -0.39 is 0 Å². The topological polar surface area (TPSA) is 12.9 Å². The Kier molecular flexibility index (Phi) is 5.74. The molecule has 0 bridgehead atoms. The van der Waals surface area contributed by atoms with Gasteiger partial charge in [-0.25, -0.2) is 0 Å². The Bertz CT molecular complexity index is 146. The second-order valence-electron chi connectivity index (χ2n) is 1.71. The zero-order chi connectivity index (χ0) is 7.82. The van der Waals surface area contributed by atoms with Crippen molar-refractivity contribution < 1.29 is 0 Å². The molecule has 1 heterocycles. The SMILES string of the molecule is CC.CCc1ccncc1. The van der Waals surface area contributed by atoms with Gasteiger partial charge in [-0.15, -0.1) is 0 Å². The first-order chi connectivity index (χ1) is 4.93. The number of rotatable bonds is 1. The van der Waals surface area contributed by atoms with Gasteiger partial charge in [0.2, 0.25) is 0 Å². The highest BCUT2D eigenvalue weighted by Crippen LogP contribution is 1.94. The van der Waals surface area contributed by atoms with Gasteiger partial charge in [0.05, 0.1) is 0 Å². The Morgan fingerprint density at radius 3 is 2.00 bits per heavy atom. The highest BCUT2D eigenvalue weighted by Gasteiger charge is 1.80. The molecular formula is C9H15N. The van der Waals surface area contributed by atoms with Gasteiger partial charge in [0.15, 0.2) is 0 Å². The minimum absolute atomic E-state index is 1.10. The van der Waals surface area contributed by atoms with Gasteiger partial charge in [0.25, 0.3) is 0 Å². The molecule has 1 heteroatoms. The third-order valence-corrected chi connectivity index (χ3v) is 1.16. The van der Waals surface area contributed by atoms with Gasteiger partial charge in [-0.1, -0.05) is 20.8 Å². The van der Waals surface area contributed by atoms with E-state index in [1.165, 1.54) is 5.56 Å². The highest BCUT2D eigenvalue weighted by atomic mass is 14.6. The Morgan fingerprint density at radius 1 is 1.20 bits per heavy atom. The van der Waals surface area contributed by atoms with Crippen LogP contribution in [-0.4, -0.2) is 4.98 Å². The molecule has 56 valence electrons. The van der Waals surface area contributed by atoms with Crippen molar-refractivity contribution in [1.29, 1.82) is 0 Å². The van der Waals surface area contributed by atoms with Gasteiger partial charge in [-0.2, -0.15) is 0 Å². The molecule has 1 nitrogen and oxygen atoms in total. The van der Waals surface area contributed by atoms with E-state index in [4.69, 9.17) is 0 Å². The zero-order valence-electron chi connectivity index (χ0n) is 6.96. The molecule has 0 fully saturated rings. The Balaban J connectivity index is 0.000000371. The lowest BCUT2D eigenvalue weighted by molar-refractivity contribution is 1.12. The Morgan fingerprint density at radius 2 is 1.70 bits per heavy atom. The summed E-state index contributed by atoms with van der Waals surface area (Å²) in [6, 6.07) is 4.06. The van der Waals surface area contributed by atoms with Gasteiger partial charge < -0.3 is 0 Å². The van der Waals surface area contributed by atoms with Crippen LogP contribution in [0, 0.1) is 0 Å². The lowest BCUT2D eigenvalue weighted by atomic mass is 10.2. The van der Waals surface area contributed by atoms with Crippen LogP contribution < -0.4 is 0 Å². The Hall–Kier alpha value is -0.850. The molecule has 0 atom stereocenters. The number of aryl methyl sites for hydroxylation is 1. The maximum atomic E-state index is 3.89. The molecule has 0 N–H and O–H groups in total. The summed E-state index contributed by atoms with van der Waals surface area (Å²) < 4.78 is 0. The normalized spacial score (nSPS) is 7.90. The average Bonchev–Trinajstić information content (AvgIpc) is 2.10. The minimum Gasteiger partial charge on any atom is -0.265 e. The predicted molar refractivity (Wildman–Crippen MR) is 45.0 cm³/mol. The molecule has 0 aliphatic heterocycles. The second-order valence-corrected chi connectivity index (χ2v) is 1.71. The molecule has 1 aromatic heterocycles. The van der Waals surface area contributed by atoms with Gasteiger partial charge in [-0.05, 0) is 24.1 Å². The summed E-state index contributed by atoms with van der Waals surface area (Å²) >= 11 is 0. The van der Waals surface area contributed by atoms with E-state index in [0.29, 0.717) is 0 Å². The smallest absolute Gasteiger partial charge is 0.0270 e. The molecule has 1 rings (SSSR count). The van der Waals surface area contributed by atoms with Crippen molar-refractivity contribution in [2.75, 3.05) is 0 Å². The molecule has 0 unspecified atom stereocenters. The van der Waals surface area contributed by atoms with Crippen LogP contribution in [-0.2, 0) is 6.42 Å². The summed E-state index contributed by atoms with van der Waals surface area (Å²) in [7, 11) is 0. The van der Waals surface area contributed by atoms with Crippen LogP contribution in [0.5, 0.6) is 0 Å². The highest BCUT2D eigenvalue weighted by molar-refractivity contribution is 5.08. The largest absolute Gasteiger partial charge is 0.265 e. The number of aromatic nitrogens is 1. The van der Waals surface area contributed by atoms with Crippen molar-refractivity contribution in [2.45, 2.75) is 27.2 Å². The zero-order valence-corrected chi connectivity index (χ0v) is 6.96. The summed E-state index contributed by atoms with van der Waals surface area (Å²) in [6.07, 6.45) is 4.74. The van der Waals surface area contributed by atoms with Crippen molar-refractivity contribution >= 4 is 0 Å². The third-order valence-electron chi connectivity index (χ3n) is 1.16. The van der Waals surface area contributed by atoms with E-state index in [9.17, 15) is 0 Å². The van der Waals surface area contributed by atoms with Crippen LogP contribution in [0.25, 0.3) is 0 Å². The molecule has 0 aliphatic carbocycles. The molecule has 0 saturated heterocycles. The van der Waals surface area contributed by atoms with Crippen molar-refractivity contribution in [3.8, 4) is 0 Å². The van der Waals surface area contributed by atoms with Gasteiger partial charge in [-0.3, -0.25) is 4.98 Å². The molecule has 0 aromatic carbocycles. The third kappa shape index (κ3) is 3.23. The van der Waals surface area contributed by atoms with Crippen molar-refractivity contribution in [2.24, 2.45) is 0 Å². The Labute approximate surface area is 63.1 Å². The fourth-order valence-electron chi connectivity index (χ4n) is 0.618. The average molecular weight is 137 g/mol. The number of hydrogen-bond acceptors (Lipinski definition) is 1. The monoisotopic (exact) mass is 137 g/mol. The van der Waals surface area contributed by atoms with E-state index in [2.05, 4.69) is 11.9 Å². The molecule has 0 amide bonds.